The summed E-state index contributed by atoms with van der Waals surface area (Å²) < 4.78 is 22.3. The van der Waals surface area contributed by atoms with Gasteiger partial charge in [-0.15, -0.1) is 0 Å². The van der Waals surface area contributed by atoms with Gasteiger partial charge in [0.15, 0.2) is 0 Å². The largest absolute Gasteiger partial charge is 0.353 e. The molecule has 1 heterocycles. The highest BCUT2D eigenvalue weighted by molar-refractivity contribution is 7.89. The van der Waals surface area contributed by atoms with E-state index in [1.54, 1.807) is 12.1 Å². The van der Waals surface area contributed by atoms with Gasteiger partial charge in [0.2, 0.25) is 21.8 Å². The van der Waals surface area contributed by atoms with Gasteiger partial charge in [-0.05, 0) is 24.1 Å². The number of nitrogens with zero attached hydrogens (tertiary/aromatic N) is 1. The highest BCUT2D eigenvalue weighted by Crippen LogP contribution is 2.11. The summed E-state index contributed by atoms with van der Waals surface area (Å²) in [5.74, 6) is -0.229. The van der Waals surface area contributed by atoms with Crippen LogP contribution in [0.2, 0.25) is 0 Å². The first-order chi connectivity index (χ1) is 9.86. The van der Waals surface area contributed by atoms with E-state index in [1.165, 1.54) is 17.0 Å². The van der Waals surface area contributed by atoms with Gasteiger partial charge in [-0.2, -0.15) is 0 Å². The number of rotatable bonds is 4. The van der Waals surface area contributed by atoms with Crippen LogP contribution in [0.5, 0.6) is 0 Å². The first kappa shape index (κ1) is 15.5. The summed E-state index contributed by atoms with van der Waals surface area (Å²) in [5, 5.41) is 7.67. The van der Waals surface area contributed by atoms with Crippen molar-refractivity contribution in [1.29, 1.82) is 0 Å². The number of carbonyl (C=O) groups is 2. The number of hydrogen-bond donors (Lipinski definition) is 2. The first-order valence-electron chi connectivity index (χ1n) is 6.52. The Morgan fingerprint density at radius 1 is 1.29 bits per heavy atom. The van der Waals surface area contributed by atoms with Crippen LogP contribution in [0.3, 0.4) is 0 Å². The van der Waals surface area contributed by atoms with E-state index >= 15 is 0 Å². The lowest BCUT2D eigenvalue weighted by Crippen LogP contribution is -2.50. The molecule has 1 fully saturated rings. The van der Waals surface area contributed by atoms with Crippen molar-refractivity contribution in [3.8, 4) is 0 Å². The topological polar surface area (TPSA) is 110 Å². The Balaban J connectivity index is 1.91. The van der Waals surface area contributed by atoms with Crippen molar-refractivity contribution in [3.63, 3.8) is 0 Å². The molecule has 0 aliphatic carbocycles. The van der Waals surface area contributed by atoms with Gasteiger partial charge in [0.25, 0.3) is 0 Å². The summed E-state index contributed by atoms with van der Waals surface area (Å²) in [5.41, 5.74) is 0.845. The second-order valence-electron chi connectivity index (χ2n) is 4.85. The molecular formula is C13H17N3O4S. The number of piperazine rings is 1. The molecule has 2 amide bonds. The molecule has 0 bridgehead atoms. The molecule has 1 saturated heterocycles. The maximum atomic E-state index is 12.0. The molecule has 0 aromatic heterocycles. The maximum absolute atomic E-state index is 12.0. The Hall–Kier alpha value is -1.93. The van der Waals surface area contributed by atoms with Gasteiger partial charge in [0.1, 0.15) is 0 Å². The molecule has 1 aliphatic heterocycles. The molecule has 21 heavy (non-hydrogen) atoms. The monoisotopic (exact) mass is 311 g/mol. The standard InChI is InChI=1S/C13H17N3O4S/c14-21(19,20)11-4-1-10(2-5-11)3-6-13(18)16-8-7-15-12(17)9-16/h1-2,4-5H,3,6-9H2,(H,15,17)(H2,14,19,20). The predicted molar refractivity (Wildman–Crippen MR) is 75.7 cm³/mol. The molecule has 1 aliphatic rings. The lowest BCUT2D eigenvalue weighted by atomic mass is 10.1. The normalized spacial score (nSPS) is 15.7. The zero-order valence-electron chi connectivity index (χ0n) is 11.4. The van der Waals surface area contributed by atoms with E-state index in [9.17, 15) is 18.0 Å². The lowest BCUT2D eigenvalue weighted by Gasteiger charge is -2.26. The Bertz CT molecular complexity index is 640. The fourth-order valence-electron chi connectivity index (χ4n) is 2.11. The zero-order chi connectivity index (χ0) is 15.5. The number of aryl methyl sites for hydroxylation is 1. The zero-order valence-corrected chi connectivity index (χ0v) is 12.2. The van der Waals surface area contributed by atoms with E-state index in [0.29, 0.717) is 19.5 Å². The fraction of sp³-hybridized carbons (Fsp3) is 0.385. The van der Waals surface area contributed by atoms with Crippen molar-refractivity contribution in [2.24, 2.45) is 5.14 Å². The van der Waals surface area contributed by atoms with Crippen LogP contribution in [0.1, 0.15) is 12.0 Å². The molecule has 0 saturated carbocycles. The molecule has 8 heteroatoms. The number of primary sulfonamides is 1. The Kier molecular flexibility index (Phi) is 4.59. The second kappa shape index (κ2) is 6.23. The molecule has 0 atom stereocenters. The van der Waals surface area contributed by atoms with Crippen LogP contribution in [0.15, 0.2) is 29.2 Å². The van der Waals surface area contributed by atoms with Gasteiger partial charge in [-0.3, -0.25) is 9.59 Å². The Labute approximate surface area is 123 Å². The van der Waals surface area contributed by atoms with E-state index in [-0.39, 0.29) is 29.7 Å². The van der Waals surface area contributed by atoms with Crippen LogP contribution < -0.4 is 10.5 Å². The average molecular weight is 311 g/mol. The first-order valence-corrected chi connectivity index (χ1v) is 8.07. The van der Waals surface area contributed by atoms with E-state index in [0.717, 1.165) is 5.56 Å². The van der Waals surface area contributed by atoms with Gasteiger partial charge < -0.3 is 10.2 Å². The summed E-state index contributed by atoms with van der Waals surface area (Å²) in [6, 6.07) is 6.11. The summed E-state index contributed by atoms with van der Waals surface area (Å²) in [7, 11) is -3.69. The Morgan fingerprint density at radius 3 is 2.52 bits per heavy atom. The van der Waals surface area contributed by atoms with E-state index in [4.69, 9.17) is 5.14 Å². The van der Waals surface area contributed by atoms with Crippen molar-refractivity contribution >= 4 is 21.8 Å². The summed E-state index contributed by atoms with van der Waals surface area (Å²) in [6.45, 7) is 1.10. The molecular weight excluding hydrogens is 294 g/mol. The Morgan fingerprint density at radius 2 is 1.95 bits per heavy atom. The highest BCUT2D eigenvalue weighted by Gasteiger charge is 2.20. The number of hydrogen-bond acceptors (Lipinski definition) is 4. The van der Waals surface area contributed by atoms with E-state index in [1.807, 2.05) is 0 Å². The van der Waals surface area contributed by atoms with Crippen molar-refractivity contribution in [2.75, 3.05) is 19.6 Å². The summed E-state index contributed by atoms with van der Waals surface area (Å²) >= 11 is 0. The maximum Gasteiger partial charge on any atom is 0.239 e. The van der Waals surface area contributed by atoms with Crippen molar-refractivity contribution in [2.45, 2.75) is 17.7 Å². The average Bonchev–Trinajstić information content (AvgIpc) is 2.44. The minimum Gasteiger partial charge on any atom is -0.353 e. The number of nitrogens with one attached hydrogen (secondary N) is 1. The third kappa shape index (κ3) is 4.27. The fourth-order valence-corrected chi connectivity index (χ4v) is 2.62. The number of nitrogens with two attached hydrogens (primary N) is 1. The molecule has 0 spiro atoms. The molecule has 0 radical (unpaired) electrons. The predicted octanol–water partition coefficient (Wildman–Crippen LogP) is -0.775. The van der Waals surface area contributed by atoms with Crippen LogP contribution >= 0.6 is 0 Å². The SMILES string of the molecule is NS(=O)(=O)c1ccc(CCC(=O)N2CCNC(=O)C2)cc1. The number of sulfonamides is 1. The lowest BCUT2D eigenvalue weighted by molar-refractivity contribution is -0.138. The van der Waals surface area contributed by atoms with Gasteiger partial charge >= 0.3 is 0 Å². The quantitative estimate of drug-likeness (QED) is 0.760. The molecule has 0 unspecified atom stereocenters. The second-order valence-corrected chi connectivity index (χ2v) is 6.42. The van der Waals surface area contributed by atoms with Crippen molar-refractivity contribution in [1.82, 2.24) is 10.2 Å². The summed E-state index contributed by atoms with van der Waals surface area (Å²) in [6.07, 6.45) is 0.768. The van der Waals surface area contributed by atoms with Crippen molar-refractivity contribution in [3.05, 3.63) is 29.8 Å². The molecule has 114 valence electrons. The minimum atomic E-state index is -3.69. The van der Waals surface area contributed by atoms with Crippen molar-refractivity contribution < 1.29 is 18.0 Å². The number of carbonyl (C=O) groups excluding carboxylic acids is 2. The third-order valence-electron chi connectivity index (χ3n) is 3.27. The smallest absolute Gasteiger partial charge is 0.239 e. The molecule has 3 N–H and O–H groups in total. The van der Waals surface area contributed by atoms with Crippen LogP contribution in [0.25, 0.3) is 0 Å². The van der Waals surface area contributed by atoms with Gasteiger partial charge in [-0.25, -0.2) is 13.6 Å². The van der Waals surface area contributed by atoms with E-state index < -0.39 is 10.0 Å². The van der Waals surface area contributed by atoms with Crippen LogP contribution in [-0.4, -0.2) is 44.8 Å². The van der Waals surface area contributed by atoms with Gasteiger partial charge in [-0.1, -0.05) is 12.1 Å². The minimum absolute atomic E-state index is 0.0466. The van der Waals surface area contributed by atoms with Gasteiger partial charge in [0, 0.05) is 19.5 Å². The van der Waals surface area contributed by atoms with Gasteiger partial charge in [0.05, 0.1) is 11.4 Å². The van der Waals surface area contributed by atoms with Crippen LogP contribution in [-0.2, 0) is 26.0 Å². The molecule has 1 aromatic rings. The van der Waals surface area contributed by atoms with Crippen LogP contribution in [0.4, 0.5) is 0 Å². The summed E-state index contributed by atoms with van der Waals surface area (Å²) in [4.78, 5) is 24.8. The third-order valence-corrected chi connectivity index (χ3v) is 4.20. The molecule has 7 nitrogen and oxygen atoms in total. The number of amides is 2. The highest BCUT2D eigenvalue weighted by atomic mass is 32.2. The van der Waals surface area contributed by atoms with Crippen LogP contribution in [0, 0.1) is 0 Å². The number of benzene rings is 1. The molecule has 1 aromatic carbocycles. The van der Waals surface area contributed by atoms with E-state index in [2.05, 4.69) is 5.32 Å². The molecule has 2 rings (SSSR count).